The van der Waals surface area contributed by atoms with Gasteiger partial charge in [-0.15, -0.1) is 0 Å². The summed E-state index contributed by atoms with van der Waals surface area (Å²) in [5.74, 6) is 1.66. The van der Waals surface area contributed by atoms with E-state index in [9.17, 15) is 0 Å². The maximum absolute atomic E-state index is 5.99. The lowest BCUT2D eigenvalue weighted by Gasteiger charge is -2.26. The van der Waals surface area contributed by atoms with E-state index >= 15 is 0 Å². The maximum atomic E-state index is 5.99. The monoisotopic (exact) mass is 384 g/mol. The van der Waals surface area contributed by atoms with Gasteiger partial charge in [-0.3, -0.25) is 4.98 Å². The number of rotatable bonds is 3. The van der Waals surface area contributed by atoms with Gasteiger partial charge in [-0.25, -0.2) is 9.97 Å². The third-order valence-corrected chi connectivity index (χ3v) is 5.70. The molecule has 3 aromatic heterocycles. The third kappa shape index (κ3) is 2.79. The molecule has 0 aliphatic carbocycles. The van der Waals surface area contributed by atoms with Gasteiger partial charge in [0.15, 0.2) is 5.58 Å². The van der Waals surface area contributed by atoms with E-state index in [4.69, 9.17) is 14.1 Å². The number of aromatic nitrogens is 4. The summed E-state index contributed by atoms with van der Waals surface area (Å²) in [7, 11) is 0. The molecular formula is C23H20N4O2. The van der Waals surface area contributed by atoms with Gasteiger partial charge in [0.05, 0.1) is 23.7 Å². The number of oxazole rings is 1. The summed E-state index contributed by atoms with van der Waals surface area (Å²) in [6, 6.07) is 16.5. The summed E-state index contributed by atoms with van der Waals surface area (Å²) < 4.78 is 14.0. The minimum atomic E-state index is 0.346. The molecule has 5 aromatic rings. The first-order valence-electron chi connectivity index (χ1n) is 10.0. The van der Waals surface area contributed by atoms with E-state index in [1.807, 2.05) is 36.5 Å². The predicted molar refractivity (Wildman–Crippen MR) is 111 cm³/mol. The smallest absolute Gasteiger partial charge is 0.203 e. The number of nitrogens with zero attached hydrogens (tertiary/aromatic N) is 4. The van der Waals surface area contributed by atoms with Crippen molar-refractivity contribution in [1.82, 2.24) is 19.5 Å². The highest BCUT2D eigenvalue weighted by atomic mass is 16.5. The lowest BCUT2D eigenvalue weighted by molar-refractivity contribution is 0.0699. The zero-order valence-electron chi connectivity index (χ0n) is 15.9. The molecule has 0 atom stereocenters. The van der Waals surface area contributed by atoms with Crippen LogP contribution in [0.25, 0.3) is 33.0 Å². The van der Waals surface area contributed by atoms with Crippen LogP contribution in [-0.4, -0.2) is 32.7 Å². The summed E-state index contributed by atoms with van der Waals surface area (Å²) in [5.41, 5.74) is 4.74. The molecule has 0 unspecified atom stereocenters. The maximum Gasteiger partial charge on any atom is 0.203 e. The van der Waals surface area contributed by atoms with Gasteiger partial charge in [0, 0.05) is 24.6 Å². The second kappa shape index (κ2) is 6.67. The number of hydrogen-bond donors (Lipinski definition) is 0. The van der Waals surface area contributed by atoms with Crippen LogP contribution >= 0.6 is 0 Å². The minimum absolute atomic E-state index is 0.346. The van der Waals surface area contributed by atoms with Crippen LogP contribution < -0.4 is 0 Å². The highest BCUT2D eigenvalue weighted by molar-refractivity contribution is 6.02. The van der Waals surface area contributed by atoms with Crippen molar-refractivity contribution in [1.29, 1.82) is 0 Å². The highest BCUT2D eigenvalue weighted by Crippen LogP contribution is 2.32. The lowest BCUT2D eigenvalue weighted by Crippen LogP contribution is -2.21. The molecule has 2 aromatic carbocycles. The Morgan fingerprint density at radius 2 is 1.69 bits per heavy atom. The summed E-state index contributed by atoms with van der Waals surface area (Å²) in [4.78, 5) is 14.2. The average Bonchev–Trinajstić information content (AvgIpc) is 3.35. The molecule has 29 heavy (non-hydrogen) atoms. The Morgan fingerprint density at radius 1 is 0.897 bits per heavy atom. The van der Waals surface area contributed by atoms with Gasteiger partial charge >= 0.3 is 0 Å². The Labute approximate surface area is 167 Å². The molecule has 1 aliphatic heterocycles. The fourth-order valence-electron chi connectivity index (χ4n) is 4.37. The van der Waals surface area contributed by atoms with Gasteiger partial charge in [-0.2, -0.15) is 0 Å². The Balaban J connectivity index is 1.55. The highest BCUT2D eigenvalue weighted by Gasteiger charge is 2.24. The van der Waals surface area contributed by atoms with Crippen LogP contribution in [0.1, 0.15) is 30.6 Å². The van der Waals surface area contributed by atoms with Crippen molar-refractivity contribution >= 4 is 33.0 Å². The Bertz CT molecular complexity index is 1300. The van der Waals surface area contributed by atoms with Crippen LogP contribution in [0.5, 0.6) is 0 Å². The molecule has 0 amide bonds. The first-order valence-corrected chi connectivity index (χ1v) is 10.0. The quantitative estimate of drug-likeness (QED) is 0.452. The van der Waals surface area contributed by atoms with Crippen molar-refractivity contribution in [2.75, 3.05) is 13.2 Å². The van der Waals surface area contributed by atoms with Gasteiger partial charge in [-0.05, 0) is 31.0 Å². The zero-order chi connectivity index (χ0) is 19.2. The van der Waals surface area contributed by atoms with Gasteiger partial charge < -0.3 is 13.7 Å². The van der Waals surface area contributed by atoms with Crippen molar-refractivity contribution < 1.29 is 9.15 Å². The lowest BCUT2D eigenvalue weighted by atomic mass is 10.1. The number of ether oxygens (including phenoxy) is 1. The SMILES string of the molecule is c1ccc2oc(Cc3nc4cnc5ccccc5c4n3C3CCOCC3)nc2c1. The summed E-state index contributed by atoms with van der Waals surface area (Å²) in [5, 5.41) is 1.13. The van der Waals surface area contributed by atoms with Gasteiger partial charge in [0.1, 0.15) is 16.9 Å². The van der Waals surface area contributed by atoms with Crippen molar-refractivity contribution in [3.05, 3.63) is 66.4 Å². The van der Waals surface area contributed by atoms with Crippen molar-refractivity contribution in [2.45, 2.75) is 25.3 Å². The molecule has 0 spiro atoms. The van der Waals surface area contributed by atoms with Crippen LogP contribution in [0.4, 0.5) is 0 Å². The Kier molecular flexibility index (Phi) is 3.84. The predicted octanol–water partition coefficient (Wildman–Crippen LogP) is 4.67. The van der Waals surface area contributed by atoms with Crippen molar-refractivity contribution in [3.8, 4) is 0 Å². The van der Waals surface area contributed by atoms with E-state index in [0.717, 1.165) is 64.9 Å². The van der Waals surface area contributed by atoms with Crippen LogP contribution in [0.2, 0.25) is 0 Å². The molecule has 6 heteroatoms. The second-order valence-electron chi connectivity index (χ2n) is 7.50. The van der Waals surface area contributed by atoms with E-state index in [-0.39, 0.29) is 0 Å². The number of fused-ring (bicyclic) bond motifs is 4. The van der Waals surface area contributed by atoms with Gasteiger partial charge in [0.2, 0.25) is 5.89 Å². The topological polar surface area (TPSA) is 66.0 Å². The number of pyridine rings is 1. The summed E-state index contributed by atoms with van der Waals surface area (Å²) in [6.45, 7) is 1.55. The van der Waals surface area contributed by atoms with Crippen LogP contribution in [0.3, 0.4) is 0 Å². The van der Waals surface area contributed by atoms with Crippen LogP contribution in [0.15, 0.2) is 59.1 Å². The summed E-state index contributed by atoms with van der Waals surface area (Å²) >= 11 is 0. The van der Waals surface area contributed by atoms with Crippen LogP contribution in [0, 0.1) is 0 Å². The third-order valence-electron chi connectivity index (χ3n) is 5.70. The van der Waals surface area contributed by atoms with Crippen LogP contribution in [-0.2, 0) is 11.2 Å². The van der Waals surface area contributed by atoms with E-state index < -0.39 is 0 Å². The van der Waals surface area contributed by atoms with Gasteiger partial charge in [-0.1, -0.05) is 30.3 Å². The van der Waals surface area contributed by atoms with E-state index in [1.54, 1.807) is 0 Å². The first kappa shape index (κ1) is 16.7. The van der Waals surface area contributed by atoms with E-state index in [2.05, 4.69) is 32.7 Å². The number of benzene rings is 2. The molecule has 6 rings (SSSR count). The fourth-order valence-corrected chi connectivity index (χ4v) is 4.37. The molecule has 6 nitrogen and oxygen atoms in total. The standard InChI is InChI=1S/C23H20N4O2/c1-2-6-17-16(5-1)23-19(14-24-17)25-21(27(23)15-9-11-28-12-10-15)13-22-26-18-7-3-4-8-20(18)29-22/h1-8,14-15H,9-13H2. The second-order valence-corrected chi connectivity index (χ2v) is 7.50. The number of imidazole rings is 1. The Morgan fingerprint density at radius 3 is 2.55 bits per heavy atom. The molecule has 0 N–H and O–H groups in total. The first-order chi connectivity index (χ1) is 14.4. The molecule has 144 valence electrons. The zero-order valence-corrected chi connectivity index (χ0v) is 15.9. The Hall–Kier alpha value is -3.25. The number of para-hydroxylation sites is 3. The normalized spacial score (nSPS) is 15.6. The number of hydrogen-bond acceptors (Lipinski definition) is 5. The molecule has 1 aliphatic rings. The molecule has 0 bridgehead atoms. The minimum Gasteiger partial charge on any atom is -0.440 e. The molecular weight excluding hydrogens is 364 g/mol. The molecule has 1 fully saturated rings. The van der Waals surface area contributed by atoms with E-state index in [1.165, 1.54) is 0 Å². The van der Waals surface area contributed by atoms with Crippen molar-refractivity contribution in [3.63, 3.8) is 0 Å². The molecule has 1 saturated heterocycles. The summed E-state index contributed by atoms with van der Waals surface area (Å²) in [6.07, 6.45) is 4.38. The average molecular weight is 384 g/mol. The van der Waals surface area contributed by atoms with E-state index in [0.29, 0.717) is 18.4 Å². The molecule has 0 radical (unpaired) electrons. The largest absolute Gasteiger partial charge is 0.440 e. The fraction of sp³-hybridized carbons (Fsp3) is 0.261. The van der Waals surface area contributed by atoms with Gasteiger partial charge in [0.25, 0.3) is 0 Å². The molecule has 4 heterocycles. The van der Waals surface area contributed by atoms with Crippen molar-refractivity contribution in [2.24, 2.45) is 0 Å². The molecule has 0 saturated carbocycles.